The van der Waals surface area contributed by atoms with Crippen LogP contribution in [0.4, 0.5) is 0 Å². The Hall–Kier alpha value is -1.33. The number of aromatic nitrogens is 2. The number of carbonyl (C=O) groups excluding carboxylic acids is 1. The van der Waals surface area contributed by atoms with Crippen molar-refractivity contribution < 1.29 is 31.1 Å². The van der Waals surface area contributed by atoms with Gasteiger partial charge in [0.25, 0.3) is 0 Å². The van der Waals surface area contributed by atoms with Crippen molar-refractivity contribution in [2.75, 3.05) is 13.2 Å². The summed E-state index contributed by atoms with van der Waals surface area (Å²) in [7, 11) is -7.47. The van der Waals surface area contributed by atoms with Gasteiger partial charge in [-0.25, -0.2) is 37.1 Å². The molecule has 0 atom stereocenters. The summed E-state index contributed by atoms with van der Waals surface area (Å²) in [4.78, 5) is 18.8. The number of hydrogen-bond donors (Lipinski definition) is 2. The van der Waals surface area contributed by atoms with Gasteiger partial charge < -0.3 is 9.47 Å². The van der Waals surface area contributed by atoms with E-state index in [1.807, 2.05) is 0 Å². The van der Waals surface area contributed by atoms with Crippen molar-refractivity contribution in [3.8, 4) is 0 Å². The van der Waals surface area contributed by atoms with E-state index in [4.69, 9.17) is 19.8 Å². The van der Waals surface area contributed by atoms with E-state index in [0.717, 1.165) is 22.7 Å². The molecule has 0 saturated carbocycles. The molecule has 3 heterocycles. The van der Waals surface area contributed by atoms with Crippen LogP contribution in [-0.2, 0) is 35.3 Å². The van der Waals surface area contributed by atoms with E-state index in [1.165, 1.54) is 13.8 Å². The van der Waals surface area contributed by atoms with Crippen molar-refractivity contribution in [2.24, 2.45) is 10.3 Å². The number of nitrogens with zero attached hydrogens (tertiary/aromatic N) is 2. The summed E-state index contributed by atoms with van der Waals surface area (Å²) in [5.74, 6) is -1.21. The molecule has 2 aromatic rings. The van der Waals surface area contributed by atoms with Crippen LogP contribution in [0.25, 0.3) is 0 Å². The molecule has 1 aliphatic heterocycles. The van der Waals surface area contributed by atoms with Crippen molar-refractivity contribution >= 4 is 48.5 Å². The number of primary sulfonamides is 2. The number of thiazole rings is 2. The number of rotatable bonds is 4. The molecule has 11 nitrogen and oxygen atoms in total. The number of aryl methyl sites for hydroxylation is 2. The van der Waals surface area contributed by atoms with E-state index in [2.05, 4.69) is 9.97 Å². The minimum atomic E-state index is -3.74. The second-order valence-electron chi connectivity index (χ2n) is 6.07. The Kier molecular flexibility index (Phi) is 6.96. The van der Waals surface area contributed by atoms with Gasteiger partial charge in [0.15, 0.2) is 24.2 Å². The maximum absolute atomic E-state index is 11.3. The van der Waals surface area contributed by atoms with Gasteiger partial charge in [0, 0.05) is 6.92 Å². The van der Waals surface area contributed by atoms with Crippen LogP contribution in [0.1, 0.15) is 40.0 Å². The molecular formula is C14H20N4O7S4. The fourth-order valence-corrected chi connectivity index (χ4v) is 6.14. The van der Waals surface area contributed by atoms with Gasteiger partial charge in [-0.2, -0.15) is 0 Å². The van der Waals surface area contributed by atoms with E-state index in [0.29, 0.717) is 23.9 Å². The molecule has 0 spiro atoms. The van der Waals surface area contributed by atoms with E-state index < -0.39 is 25.8 Å². The average molecular weight is 485 g/mol. The normalized spacial score (nSPS) is 16.3. The number of carbonyl (C=O) groups is 1. The molecule has 0 amide bonds. The molecule has 0 aliphatic carbocycles. The summed E-state index contributed by atoms with van der Waals surface area (Å²) in [5, 5.41) is 10.6. The molecular weight excluding hydrogens is 464 g/mol. The van der Waals surface area contributed by atoms with Gasteiger partial charge >= 0.3 is 0 Å². The van der Waals surface area contributed by atoms with Gasteiger partial charge in [-0.1, -0.05) is 11.3 Å². The van der Waals surface area contributed by atoms with Crippen molar-refractivity contribution in [1.82, 2.24) is 9.97 Å². The zero-order valence-electron chi connectivity index (χ0n) is 16.0. The molecule has 0 bridgehead atoms. The van der Waals surface area contributed by atoms with E-state index in [-0.39, 0.29) is 24.9 Å². The Labute approximate surface area is 176 Å². The van der Waals surface area contributed by atoms with Gasteiger partial charge in [-0.15, -0.1) is 11.3 Å². The zero-order chi connectivity index (χ0) is 22.2. The summed E-state index contributed by atoms with van der Waals surface area (Å²) < 4.78 is 55.2. The maximum Gasteiger partial charge on any atom is 0.249 e. The standard InChI is InChI=1S/C8H12N2O4S2.C6H8N2O3S2/c1-5-6(16(9,11)12)15-7(10-5)8(2)13-3-4-14-8;1-3-6(13(7,10)11)12-5(8-3)4(2)9/h3-4H2,1-2H3,(H2,9,11,12);1-2H3,(H2,7,10,11). The third-order valence-electron chi connectivity index (χ3n) is 3.55. The second kappa shape index (κ2) is 8.43. The van der Waals surface area contributed by atoms with E-state index >= 15 is 0 Å². The van der Waals surface area contributed by atoms with E-state index in [9.17, 15) is 21.6 Å². The highest BCUT2D eigenvalue weighted by Crippen LogP contribution is 2.36. The average Bonchev–Trinajstić information content (AvgIpc) is 3.25. The third kappa shape index (κ3) is 5.64. The van der Waals surface area contributed by atoms with Gasteiger partial charge in [0.2, 0.25) is 25.8 Å². The molecule has 0 unspecified atom stereocenters. The highest BCUT2D eigenvalue weighted by atomic mass is 32.3. The predicted molar refractivity (Wildman–Crippen MR) is 106 cm³/mol. The van der Waals surface area contributed by atoms with Gasteiger partial charge in [-0.05, 0) is 20.8 Å². The minimum absolute atomic E-state index is 0.0438. The van der Waals surface area contributed by atoms with Gasteiger partial charge in [0.1, 0.15) is 0 Å². The van der Waals surface area contributed by atoms with Crippen molar-refractivity contribution in [3.63, 3.8) is 0 Å². The van der Waals surface area contributed by atoms with Crippen molar-refractivity contribution in [2.45, 2.75) is 41.9 Å². The lowest BCUT2D eigenvalue weighted by Gasteiger charge is -2.18. The summed E-state index contributed by atoms with van der Waals surface area (Å²) in [5.41, 5.74) is 0.653. The molecule has 29 heavy (non-hydrogen) atoms. The topological polar surface area (TPSA) is 182 Å². The van der Waals surface area contributed by atoms with Crippen LogP contribution < -0.4 is 10.3 Å². The number of ether oxygens (including phenoxy) is 2. The lowest BCUT2D eigenvalue weighted by atomic mass is 10.3. The molecule has 15 heteroatoms. The molecule has 1 saturated heterocycles. The molecule has 1 fully saturated rings. The zero-order valence-corrected chi connectivity index (χ0v) is 19.2. The first-order valence-electron chi connectivity index (χ1n) is 7.95. The van der Waals surface area contributed by atoms with Gasteiger partial charge in [-0.3, -0.25) is 4.79 Å². The number of hydrogen-bond acceptors (Lipinski definition) is 11. The monoisotopic (exact) mass is 484 g/mol. The predicted octanol–water partition coefficient (Wildman–Crippen LogP) is 0.620. The molecule has 4 N–H and O–H groups in total. The Balaban J connectivity index is 0.000000212. The molecule has 2 aromatic heterocycles. The fraction of sp³-hybridized carbons (Fsp3) is 0.500. The van der Waals surface area contributed by atoms with Crippen molar-refractivity contribution in [1.29, 1.82) is 0 Å². The van der Waals surface area contributed by atoms with Crippen LogP contribution in [0.3, 0.4) is 0 Å². The number of nitrogens with two attached hydrogens (primary N) is 2. The summed E-state index contributed by atoms with van der Waals surface area (Å²) in [6.07, 6.45) is 0. The summed E-state index contributed by atoms with van der Waals surface area (Å²) >= 11 is 1.79. The van der Waals surface area contributed by atoms with Crippen LogP contribution in [0.15, 0.2) is 8.42 Å². The molecule has 3 rings (SSSR count). The number of Topliss-reactive ketones (excluding diaryl/α,β-unsaturated/α-hetero) is 1. The maximum atomic E-state index is 11.3. The minimum Gasteiger partial charge on any atom is -0.342 e. The molecule has 0 radical (unpaired) electrons. The molecule has 162 valence electrons. The first-order chi connectivity index (χ1) is 13.1. The number of ketones is 1. The van der Waals surface area contributed by atoms with Crippen LogP contribution in [0.2, 0.25) is 0 Å². The Bertz CT molecular complexity index is 1130. The quantitative estimate of drug-likeness (QED) is 0.587. The third-order valence-corrected chi connectivity index (χ3v) is 9.26. The van der Waals surface area contributed by atoms with Gasteiger partial charge in [0.05, 0.1) is 24.6 Å². The molecule has 1 aliphatic rings. The first-order valence-corrected chi connectivity index (χ1v) is 12.7. The van der Waals surface area contributed by atoms with Crippen LogP contribution in [-0.4, -0.2) is 45.8 Å². The highest BCUT2D eigenvalue weighted by molar-refractivity contribution is 7.91. The fourth-order valence-electron chi connectivity index (χ4n) is 2.28. The molecule has 0 aromatic carbocycles. The lowest BCUT2D eigenvalue weighted by molar-refractivity contribution is -0.149. The summed E-state index contributed by atoms with van der Waals surface area (Å²) in [6, 6.07) is 0. The Morgan fingerprint density at radius 3 is 1.76 bits per heavy atom. The van der Waals surface area contributed by atoms with Crippen molar-refractivity contribution in [3.05, 3.63) is 21.4 Å². The Morgan fingerprint density at radius 1 is 0.966 bits per heavy atom. The van der Waals surface area contributed by atoms with Crippen LogP contribution in [0, 0.1) is 13.8 Å². The highest BCUT2D eigenvalue weighted by Gasteiger charge is 2.38. The smallest absolute Gasteiger partial charge is 0.249 e. The first kappa shape index (κ1) is 23.9. The lowest BCUT2D eigenvalue weighted by Crippen LogP contribution is -2.22. The van der Waals surface area contributed by atoms with Crippen LogP contribution in [0.5, 0.6) is 0 Å². The number of sulfonamides is 2. The summed E-state index contributed by atoms with van der Waals surface area (Å²) in [6.45, 7) is 7.08. The largest absolute Gasteiger partial charge is 0.342 e. The second-order valence-corrected chi connectivity index (χ2v) is 11.6. The van der Waals surface area contributed by atoms with E-state index in [1.54, 1.807) is 13.8 Å². The SMILES string of the molecule is CC(=O)c1nc(C)c(S(N)(=O)=O)s1.Cc1nc(C2(C)OCCO2)sc1S(N)(=O)=O. The van der Waals surface area contributed by atoms with Crippen LogP contribution >= 0.6 is 22.7 Å². The Morgan fingerprint density at radius 2 is 1.41 bits per heavy atom.